The molecule has 1 aromatic carbocycles. The molecule has 3 rings (SSSR count). The highest BCUT2D eigenvalue weighted by Gasteiger charge is 2.65. The molecule has 0 aromatic heterocycles. The molecule has 0 bridgehead atoms. The van der Waals surface area contributed by atoms with Gasteiger partial charge in [0.25, 0.3) is 0 Å². The summed E-state index contributed by atoms with van der Waals surface area (Å²) in [5, 5.41) is 12.1. The second-order valence-corrected chi connectivity index (χ2v) is 12.0. The number of ether oxygens (including phenoxy) is 11. The maximum atomic E-state index is 13.6. The van der Waals surface area contributed by atoms with E-state index < -0.39 is 109 Å². The van der Waals surface area contributed by atoms with Gasteiger partial charge in [0.1, 0.15) is 18.8 Å². The van der Waals surface area contributed by atoms with E-state index in [4.69, 9.17) is 52.1 Å². The second kappa shape index (κ2) is 18.3. The molecule has 1 aromatic rings. The van der Waals surface area contributed by atoms with Crippen molar-refractivity contribution in [2.75, 3.05) is 20.3 Å². The third-order valence-corrected chi connectivity index (χ3v) is 7.98. The summed E-state index contributed by atoms with van der Waals surface area (Å²) in [7, 11) is 1.28. The number of esters is 7. The van der Waals surface area contributed by atoms with Gasteiger partial charge in [-0.3, -0.25) is 28.8 Å². The van der Waals surface area contributed by atoms with Gasteiger partial charge in [0.2, 0.25) is 5.79 Å². The molecule has 1 heterocycles. The van der Waals surface area contributed by atoms with Gasteiger partial charge in [-0.2, -0.15) is 0 Å². The maximum Gasteiger partial charge on any atom is 0.338 e. The standard InChI is InChI=1S/C34H44O19/c1-10-45-34(42)15(2)26(52-32(41)22-11-12-23(46-17(4)36)24(13-22)43-9)29(49-20(7)39)31(34)53-33-30(50-21(8)40)28(48-19(6)38)27(47-18(5)37)25(51-33)14-44-16(3)35/h11-13,15,25-31,33,42H,10,14H2,1-9H3. The average molecular weight is 757 g/mol. The minimum Gasteiger partial charge on any atom is -0.493 e. The molecule has 2 fully saturated rings. The predicted molar refractivity (Wildman–Crippen MR) is 172 cm³/mol. The monoisotopic (exact) mass is 756 g/mol. The number of benzene rings is 1. The molecule has 19 heteroatoms. The zero-order valence-electron chi connectivity index (χ0n) is 30.6. The van der Waals surface area contributed by atoms with Crippen LogP contribution >= 0.6 is 0 Å². The van der Waals surface area contributed by atoms with E-state index in [1.165, 1.54) is 46.1 Å². The van der Waals surface area contributed by atoms with Crippen LogP contribution in [0.3, 0.4) is 0 Å². The lowest BCUT2D eigenvalue weighted by molar-refractivity contribution is -0.355. The highest BCUT2D eigenvalue weighted by atomic mass is 16.8. The third-order valence-electron chi connectivity index (χ3n) is 7.98. The SMILES string of the molecule is CCOC1(O)C(C)C(OC(=O)c2ccc(OC(C)=O)c(OC)c2)C(OC(C)=O)C1OC1OC(COC(C)=O)C(OC(C)=O)C(OC(C)=O)C1OC(C)=O. The highest BCUT2D eigenvalue weighted by molar-refractivity contribution is 5.90. The zero-order chi connectivity index (χ0) is 39.8. The molecule has 2 aliphatic rings. The van der Waals surface area contributed by atoms with Gasteiger partial charge in [-0.25, -0.2) is 4.79 Å². The minimum atomic E-state index is -2.42. The molecule has 0 amide bonds. The van der Waals surface area contributed by atoms with Gasteiger partial charge in [-0.05, 0) is 25.1 Å². The van der Waals surface area contributed by atoms with Crippen LogP contribution in [0.5, 0.6) is 11.5 Å². The summed E-state index contributed by atoms with van der Waals surface area (Å²) in [5.74, 6) is -9.57. The van der Waals surface area contributed by atoms with E-state index in [9.17, 15) is 38.7 Å². The lowest BCUT2D eigenvalue weighted by atomic mass is 9.97. The molecule has 0 spiro atoms. The number of rotatable bonds is 14. The van der Waals surface area contributed by atoms with Crippen molar-refractivity contribution in [2.24, 2.45) is 5.92 Å². The van der Waals surface area contributed by atoms with Crippen LogP contribution in [0.4, 0.5) is 0 Å². The van der Waals surface area contributed by atoms with Crippen molar-refractivity contribution < 1.29 is 90.8 Å². The molecular formula is C34H44O19. The molecule has 53 heavy (non-hydrogen) atoms. The molecule has 1 N–H and O–H groups in total. The molecule has 1 aliphatic heterocycles. The van der Waals surface area contributed by atoms with Crippen molar-refractivity contribution in [2.45, 2.75) is 110 Å². The molecule has 0 radical (unpaired) electrons. The molecule has 10 unspecified atom stereocenters. The lowest BCUT2D eigenvalue weighted by Crippen LogP contribution is -2.64. The number of hydrogen-bond donors (Lipinski definition) is 1. The van der Waals surface area contributed by atoms with Gasteiger partial charge < -0.3 is 57.2 Å². The first-order chi connectivity index (χ1) is 24.8. The van der Waals surface area contributed by atoms with E-state index in [1.54, 1.807) is 0 Å². The molecular weight excluding hydrogens is 712 g/mol. The summed E-state index contributed by atoms with van der Waals surface area (Å²) in [4.78, 5) is 86.2. The first-order valence-electron chi connectivity index (χ1n) is 16.4. The van der Waals surface area contributed by atoms with E-state index in [-0.39, 0.29) is 23.7 Å². The van der Waals surface area contributed by atoms with Gasteiger partial charge in [0, 0.05) is 48.1 Å². The fraction of sp³-hybridized carbons (Fsp3) is 0.618. The molecule has 294 valence electrons. The van der Waals surface area contributed by atoms with Gasteiger partial charge in [-0.15, -0.1) is 0 Å². The summed E-state index contributed by atoms with van der Waals surface area (Å²) in [6, 6.07) is 3.82. The van der Waals surface area contributed by atoms with Gasteiger partial charge >= 0.3 is 41.8 Å². The van der Waals surface area contributed by atoms with Crippen LogP contribution in [0.1, 0.15) is 65.7 Å². The van der Waals surface area contributed by atoms with Crippen LogP contribution in [-0.2, 0) is 71.4 Å². The van der Waals surface area contributed by atoms with Crippen LogP contribution in [0, 0.1) is 5.92 Å². The first kappa shape index (κ1) is 42.6. The molecule has 10 atom stereocenters. The van der Waals surface area contributed by atoms with Crippen molar-refractivity contribution in [1.29, 1.82) is 0 Å². The Bertz CT molecular complexity index is 1540. The van der Waals surface area contributed by atoms with E-state index in [0.717, 1.165) is 34.6 Å². The fourth-order valence-corrected chi connectivity index (χ4v) is 5.96. The van der Waals surface area contributed by atoms with E-state index in [0.29, 0.717) is 0 Å². The summed E-state index contributed by atoms with van der Waals surface area (Å²) < 4.78 is 61.1. The molecule has 1 aliphatic carbocycles. The van der Waals surface area contributed by atoms with E-state index in [1.807, 2.05) is 0 Å². The summed E-state index contributed by atoms with van der Waals surface area (Å²) >= 11 is 0. The predicted octanol–water partition coefficient (Wildman–Crippen LogP) is 0.921. The third kappa shape index (κ3) is 10.6. The van der Waals surface area contributed by atoms with Gasteiger partial charge in [0.05, 0.1) is 18.6 Å². The minimum absolute atomic E-state index is 0.0151. The highest BCUT2D eigenvalue weighted by Crippen LogP contribution is 2.45. The van der Waals surface area contributed by atoms with E-state index in [2.05, 4.69) is 0 Å². The van der Waals surface area contributed by atoms with Crippen LogP contribution in [0.15, 0.2) is 18.2 Å². The number of methoxy groups -OCH3 is 1. The quantitative estimate of drug-likeness (QED) is 0.120. The number of aliphatic hydroxyl groups is 1. The largest absolute Gasteiger partial charge is 0.493 e. The summed E-state index contributed by atoms with van der Waals surface area (Å²) in [6.07, 6.45) is -13.1. The molecule has 19 nitrogen and oxygen atoms in total. The Kier molecular flexibility index (Phi) is 14.7. The summed E-state index contributed by atoms with van der Waals surface area (Å²) in [6.45, 7) is 8.65. The van der Waals surface area contributed by atoms with Crippen LogP contribution in [0.2, 0.25) is 0 Å². The van der Waals surface area contributed by atoms with Crippen molar-refractivity contribution in [3.63, 3.8) is 0 Å². The average Bonchev–Trinajstić information content (AvgIpc) is 3.22. The maximum absolute atomic E-state index is 13.6. The smallest absolute Gasteiger partial charge is 0.338 e. The normalized spacial score (nSPS) is 29.2. The Balaban J connectivity index is 2.12. The molecule has 1 saturated carbocycles. The van der Waals surface area contributed by atoms with Crippen molar-refractivity contribution in [3.05, 3.63) is 23.8 Å². The van der Waals surface area contributed by atoms with Gasteiger partial charge in [-0.1, -0.05) is 6.92 Å². The Morgan fingerprint density at radius 3 is 1.81 bits per heavy atom. The van der Waals surface area contributed by atoms with Crippen molar-refractivity contribution >= 4 is 41.8 Å². The Morgan fingerprint density at radius 2 is 1.28 bits per heavy atom. The Labute approximate surface area is 304 Å². The number of hydrogen-bond acceptors (Lipinski definition) is 19. The Morgan fingerprint density at radius 1 is 0.717 bits per heavy atom. The first-order valence-corrected chi connectivity index (χ1v) is 16.4. The van der Waals surface area contributed by atoms with Crippen LogP contribution in [-0.4, -0.2) is 122 Å². The van der Waals surface area contributed by atoms with E-state index >= 15 is 0 Å². The number of carbonyl (C=O) groups excluding carboxylic acids is 7. The van der Waals surface area contributed by atoms with Gasteiger partial charge in [0.15, 0.2) is 48.3 Å². The van der Waals surface area contributed by atoms with Crippen LogP contribution < -0.4 is 9.47 Å². The van der Waals surface area contributed by atoms with Crippen LogP contribution in [0.25, 0.3) is 0 Å². The summed E-state index contributed by atoms with van der Waals surface area (Å²) in [5.41, 5.74) is -0.0876. The zero-order valence-corrected chi connectivity index (χ0v) is 30.6. The Hall–Kier alpha value is -4.85. The fourth-order valence-electron chi connectivity index (χ4n) is 5.96. The topological polar surface area (TPSA) is 241 Å². The second-order valence-electron chi connectivity index (χ2n) is 12.0. The number of carbonyl (C=O) groups is 7. The van der Waals surface area contributed by atoms with Crippen molar-refractivity contribution in [1.82, 2.24) is 0 Å². The molecule has 1 saturated heterocycles. The van der Waals surface area contributed by atoms with Crippen molar-refractivity contribution in [3.8, 4) is 11.5 Å². The lowest BCUT2D eigenvalue weighted by Gasteiger charge is -2.45.